The van der Waals surface area contributed by atoms with E-state index in [0.29, 0.717) is 0 Å². The molecule has 0 N–H and O–H groups in total. The van der Waals surface area contributed by atoms with Gasteiger partial charge in [-0.2, -0.15) is 0 Å². The first-order valence-electron chi connectivity index (χ1n) is 10.2. The fourth-order valence-electron chi connectivity index (χ4n) is 2.82. The van der Waals surface area contributed by atoms with E-state index in [1.165, 1.54) is 62.5 Å². The zero-order chi connectivity index (χ0) is 19.0. The molecule has 0 saturated carbocycles. The Morgan fingerprint density at radius 2 is 0.852 bits per heavy atom. The molecule has 0 spiro atoms. The molecule has 2 nitrogen and oxygen atoms in total. The van der Waals surface area contributed by atoms with Crippen LogP contribution in [0.2, 0.25) is 0 Å². The summed E-state index contributed by atoms with van der Waals surface area (Å²) in [5.41, 5.74) is 2.58. The van der Waals surface area contributed by atoms with E-state index < -0.39 is 0 Å². The molecule has 27 heavy (non-hydrogen) atoms. The topological polar surface area (TPSA) is 46.1 Å². The predicted octanol–water partition coefficient (Wildman–Crippen LogP) is 5.76. The van der Waals surface area contributed by atoms with Crippen molar-refractivity contribution in [1.29, 1.82) is 0 Å². The van der Waals surface area contributed by atoms with E-state index in [0.717, 1.165) is 12.8 Å². The number of unbranched alkanes of at least 4 members (excludes halogenated alkanes) is 6. The summed E-state index contributed by atoms with van der Waals surface area (Å²) in [6.07, 6.45) is 12.5. The van der Waals surface area contributed by atoms with Crippen molar-refractivity contribution in [3.8, 4) is 11.5 Å². The minimum atomic E-state index is 0. The van der Waals surface area contributed by atoms with Crippen molar-refractivity contribution in [2.75, 3.05) is 0 Å². The first-order valence-corrected chi connectivity index (χ1v) is 10.2. The molecule has 0 aliphatic carbocycles. The van der Waals surface area contributed by atoms with E-state index in [1.807, 2.05) is 24.3 Å². The molecule has 2 aromatic rings. The van der Waals surface area contributed by atoms with Gasteiger partial charge in [-0.15, -0.1) is 11.5 Å². The molecule has 0 atom stereocenters. The molecule has 2 aromatic carbocycles. The van der Waals surface area contributed by atoms with E-state index in [1.54, 1.807) is 24.3 Å². The third-order valence-electron chi connectivity index (χ3n) is 4.48. The fraction of sp³-hybridized carbons (Fsp3) is 0.500. The van der Waals surface area contributed by atoms with Crippen molar-refractivity contribution >= 4 is 0 Å². The second-order valence-electron chi connectivity index (χ2n) is 6.91. The molecule has 0 aromatic heterocycles. The Bertz CT molecular complexity index is 510. The molecular formula is C24H34CdO2. The molecule has 2 rings (SSSR count). The number of hydrogen-bond acceptors (Lipinski definition) is 2. The van der Waals surface area contributed by atoms with Gasteiger partial charge < -0.3 is 10.2 Å². The van der Waals surface area contributed by atoms with Gasteiger partial charge in [0.15, 0.2) is 0 Å². The third kappa shape index (κ3) is 13.7. The molecule has 0 radical (unpaired) electrons. The van der Waals surface area contributed by atoms with Crippen LogP contribution in [0.1, 0.15) is 76.3 Å². The average Bonchev–Trinajstić information content (AvgIpc) is 2.66. The van der Waals surface area contributed by atoms with Crippen LogP contribution < -0.4 is 10.2 Å². The maximum Gasteiger partial charge on any atom is 2.00 e. The van der Waals surface area contributed by atoms with Crippen LogP contribution in [0, 0.1) is 0 Å². The molecular weight excluding hydrogens is 433 g/mol. The van der Waals surface area contributed by atoms with Crippen LogP contribution in [-0.4, -0.2) is 0 Å². The maximum atomic E-state index is 10.8. The number of rotatable bonds is 10. The maximum absolute atomic E-state index is 10.8. The standard InChI is InChI=1S/2C12H18O.Cd/c2*1-2-3-4-5-6-11-7-9-12(13)10-8-11;/h2*7-10,13H,2-6H2,1H3;/q;;+2/p-2. The summed E-state index contributed by atoms with van der Waals surface area (Å²) in [4.78, 5) is 0. The Morgan fingerprint density at radius 3 is 1.15 bits per heavy atom. The third-order valence-corrected chi connectivity index (χ3v) is 4.48. The second kappa shape index (κ2) is 17.1. The Balaban J connectivity index is 0.000000483. The van der Waals surface area contributed by atoms with Crippen molar-refractivity contribution in [2.24, 2.45) is 0 Å². The second-order valence-corrected chi connectivity index (χ2v) is 6.91. The number of benzene rings is 2. The molecule has 0 unspecified atom stereocenters. The van der Waals surface area contributed by atoms with Gasteiger partial charge in [0.25, 0.3) is 0 Å². The van der Waals surface area contributed by atoms with Crippen LogP contribution in [0.3, 0.4) is 0 Å². The Kier molecular flexibility index (Phi) is 16.4. The molecule has 0 aliphatic heterocycles. The zero-order valence-electron chi connectivity index (χ0n) is 17.2. The summed E-state index contributed by atoms with van der Waals surface area (Å²) in [6.45, 7) is 4.43. The van der Waals surface area contributed by atoms with Crippen LogP contribution in [0.15, 0.2) is 48.5 Å². The number of aryl methyl sites for hydroxylation is 2. The molecule has 3 heteroatoms. The van der Waals surface area contributed by atoms with Gasteiger partial charge in [0.1, 0.15) is 0 Å². The van der Waals surface area contributed by atoms with E-state index in [9.17, 15) is 10.2 Å². The summed E-state index contributed by atoms with van der Waals surface area (Å²) in [7, 11) is 0. The van der Waals surface area contributed by atoms with Gasteiger partial charge in [0.05, 0.1) is 0 Å². The summed E-state index contributed by atoms with van der Waals surface area (Å²) < 4.78 is 0. The molecule has 0 bridgehead atoms. The van der Waals surface area contributed by atoms with Crippen LogP contribution >= 0.6 is 0 Å². The summed E-state index contributed by atoms with van der Waals surface area (Å²) in [5, 5.41) is 21.6. The van der Waals surface area contributed by atoms with Gasteiger partial charge in [0.2, 0.25) is 0 Å². The van der Waals surface area contributed by atoms with E-state index in [-0.39, 0.29) is 38.8 Å². The van der Waals surface area contributed by atoms with Crippen molar-refractivity contribution in [3.05, 3.63) is 59.7 Å². The zero-order valence-corrected chi connectivity index (χ0v) is 21.2. The van der Waals surface area contributed by atoms with Gasteiger partial charge in [0, 0.05) is 0 Å². The monoisotopic (exact) mass is 468 g/mol. The van der Waals surface area contributed by atoms with Crippen LogP contribution in [-0.2, 0) is 40.1 Å². The minimum absolute atomic E-state index is 0. The van der Waals surface area contributed by atoms with Gasteiger partial charge in [-0.3, -0.25) is 0 Å². The number of hydrogen-bond donors (Lipinski definition) is 0. The fourth-order valence-corrected chi connectivity index (χ4v) is 2.82. The van der Waals surface area contributed by atoms with Gasteiger partial charge in [-0.05, 0) is 36.8 Å². The van der Waals surface area contributed by atoms with Crippen LogP contribution in [0.4, 0.5) is 0 Å². The molecule has 0 heterocycles. The van der Waals surface area contributed by atoms with Crippen LogP contribution in [0.25, 0.3) is 0 Å². The average molecular weight is 467 g/mol. The van der Waals surface area contributed by atoms with Crippen molar-refractivity contribution in [1.82, 2.24) is 0 Å². The van der Waals surface area contributed by atoms with Gasteiger partial charge in [-0.1, -0.05) is 101 Å². The summed E-state index contributed by atoms with van der Waals surface area (Å²) >= 11 is 0. The van der Waals surface area contributed by atoms with Crippen molar-refractivity contribution in [3.63, 3.8) is 0 Å². The van der Waals surface area contributed by atoms with E-state index in [2.05, 4.69) is 13.8 Å². The Hall–Kier alpha value is -1.04. The van der Waals surface area contributed by atoms with Gasteiger partial charge in [-0.25, -0.2) is 0 Å². The van der Waals surface area contributed by atoms with E-state index >= 15 is 0 Å². The quantitative estimate of drug-likeness (QED) is 0.330. The molecule has 0 fully saturated rings. The minimum Gasteiger partial charge on any atom is -0.872 e. The Morgan fingerprint density at radius 1 is 0.519 bits per heavy atom. The molecule has 0 aliphatic rings. The molecule has 0 saturated heterocycles. The Labute approximate surface area is 186 Å². The first kappa shape index (κ1) is 26.0. The van der Waals surface area contributed by atoms with Crippen LogP contribution in [0.5, 0.6) is 11.5 Å². The SMILES string of the molecule is CCCCCCc1ccc([O-])cc1.CCCCCCc1ccc([O-])cc1.[Cd+2]. The van der Waals surface area contributed by atoms with Gasteiger partial charge >= 0.3 is 27.3 Å². The first-order chi connectivity index (χ1) is 12.7. The summed E-state index contributed by atoms with van der Waals surface area (Å²) in [6, 6.07) is 14.3. The predicted molar refractivity (Wildman–Crippen MR) is 107 cm³/mol. The van der Waals surface area contributed by atoms with Crippen molar-refractivity contribution in [2.45, 2.75) is 78.1 Å². The normalized spacial score (nSPS) is 9.85. The molecule has 0 amide bonds. The largest absolute Gasteiger partial charge is 2.00 e. The van der Waals surface area contributed by atoms with E-state index in [4.69, 9.17) is 0 Å². The summed E-state index contributed by atoms with van der Waals surface area (Å²) in [5.74, 6) is 0.217. The smallest absolute Gasteiger partial charge is 0.872 e. The van der Waals surface area contributed by atoms with Crippen molar-refractivity contribution < 1.29 is 37.5 Å². The molecule has 144 valence electrons.